The average Bonchev–Trinajstić information content (AvgIpc) is 3.32. The molecule has 2 rings (SSSR count). The molecule has 0 aromatic heterocycles. The molecular formula is C17H24FN3O2. The van der Waals surface area contributed by atoms with Crippen molar-refractivity contribution in [2.45, 2.75) is 38.3 Å². The largest absolute Gasteiger partial charge is 0.354 e. The first-order valence-electron chi connectivity index (χ1n) is 7.97. The summed E-state index contributed by atoms with van der Waals surface area (Å²) in [4.78, 5) is 25.6. The molecule has 5 nitrogen and oxygen atoms in total. The van der Waals surface area contributed by atoms with Crippen molar-refractivity contribution in [3.63, 3.8) is 0 Å². The average molecular weight is 321 g/mol. The summed E-state index contributed by atoms with van der Waals surface area (Å²) in [6.07, 6.45) is 2.74. The molecule has 1 saturated carbocycles. The number of carbonyl (C=O) groups excluding carboxylic acids is 2. The van der Waals surface area contributed by atoms with E-state index in [1.807, 2.05) is 0 Å². The summed E-state index contributed by atoms with van der Waals surface area (Å²) in [7, 11) is 1.76. The molecule has 0 bridgehead atoms. The van der Waals surface area contributed by atoms with Crippen molar-refractivity contribution in [1.82, 2.24) is 15.5 Å². The number of amides is 2. The second-order valence-electron chi connectivity index (χ2n) is 6.10. The van der Waals surface area contributed by atoms with E-state index in [4.69, 9.17) is 0 Å². The smallest absolute Gasteiger partial charge is 0.237 e. The number of rotatable bonds is 8. The molecule has 0 spiro atoms. The zero-order chi connectivity index (χ0) is 16.8. The van der Waals surface area contributed by atoms with Crippen molar-refractivity contribution in [2.24, 2.45) is 0 Å². The van der Waals surface area contributed by atoms with E-state index < -0.39 is 0 Å². The second-order valence-corrected chi connectivity index (χ2v) is 6.10. The Balaban J connectivity index is 1.68. The minimum Gasteiger partial charge on any atom is -0.354 e. The van der Waals surface area contributed by atoms with Crippen LogP contribution in [0.25, 0.3) is 0 Å². The van der Waals surface area contributed by atoms with Crippen molar-refractivity contribution in [3.8, 4) is 0 Å². The zero-order valence-corrected chi connectivity index (χ0v) is 13.6. The van der Waals surface area contributed by atoms with Gasteiger partial charge in [0.2, 0.25) is 11.8 Å². The van der Waals surface area contributed by atoms with Crippen LogP contribution in [0.5, 0.6) is 0 Å². The van der Waals surface area contributed by atoms with E-state index in [9.17, 15) is 14.0 Å². The third-order valence-corrected chi connectivity index (χ3v) is 4.00. The summed E-state index contributed by atoms with van der Waals surface area (Å²) in [5, 5.41) is 5.75. The predicted octanol–water partition coefficient (Wildman–Crippen LogP) is 1.08. The number of halogens is 1. The third kappa shape index (κ3) is 5.98. The Morgan fingerprint density at radius 3 is 2.57 bits per heavy atom. The van der Waals surface area contributed by atoms with E-state index in [-0.39, 0.29) is 30.2 Å². The first-order chi connectivity index (χ1) is 11.0. The van der Waals surface area contributed by atoms with Crippen molar-refractivity contribution >= 4 is 11.8 Å². The number of likely N-dealkylation sites (N-methyl/N-ethyl adjacent to an activating group) is 1. The Hall–Kier alpha value is -1.95. The van der Waals surface area contributed by atoms with Crippen LogP contribution < -0.4 is 10.6 Å². The fourth-order valence-corrected chi connectivity index (χ4v) is 2.19. The number of carbonyl (C=O) groups is 2. The van der Waals surface area contributed by atoms with Crippen LogP contribution in [0, 0.1) is 5.82 Å². The van der Waals surface area contributed by atoms with Crippen LogP contribution in [0.2, 0.25) is 0 Å². The third-order valence-electron chi connectivity index (χ3n) is 4.00. The summed E-state index contributed by atoms with van der Waals surface area (Å²) in [6, 6.07) is 6.18. The maximum absolute atomic E-state index is 12.8. The zero-order valence-electron chi connectivity index (χ0n) is 13.6. The minimum atomic E-state index is -0.381. The van der Waals surface area contributed by atoms with E-state index in [0.29, 0.717) is 19.0 Å². The highest BCUT2D eigenvalue weighted by atomic mass is 19.1. The van der Waals surface area contributed by atoms with Crippen molar-refractivity contribution in [3.05, 3.63) is 35.6 Å². The molecule has 1 aliphatic carbocycles. The molecule has 1 aromatic rings. The maximum Gasteiger partial charge on any atom is 0.237 e. The predicted molar refractivity (Wildman–Crippen MR) is 86.4 cm³/mol. The van der Waals surface area contributed by atoms with Gasteiger partial charge in [0.1, 0.15) is 5.82 Å². The van der Waals surface area contributed by atoms with Crippen molar-refractivity contribution in [2.75, 3.05) is 20.1 Å². The molecule has 0 saturated heterocycles. The van der Waals surface area contributed by atoms with Gasteiger partial charge in [-0.05, 0) is 50.9 Å². The molecule has 126 valence electrons. The molecule has 23 heavy (non-hydrogen) atoms. The van der Waals surface area contributed by atoms with Crippen LogP contribution in [0.15, 0.2) is 24.3 Å². The highest BCUT2D eigenvalue weighted by Gasteiger charge is 2.25. The van der Waals surface area contributed by atoms with Gasteiger partial charge in [-0.2, -0.15) is 0 Å². The molecule has 0 aliphatic heterocycles. The number of nitrogens with one attached hydrogen (secondary N) is 2. The Morgan fingerprint density at radius 2 is 1.96 bits per heavy atom. The molecule has 2 N–H and O–H groups in total. The van der Waals surface area contributed by atoms with Gasteiger partial charge in [0.05, 0.1) is 12.6 Å². The standard InChI is InChI=1S/C17H24FN3O2/c1-12(21(2)11-16(22)20-15-7-8-15)17(23)19-10-9-13-3-5-14(18)6-4-13/h3-6,12,15H,7-11H2,1-2H3,(H,19,23)(H,20,22)/t12-/m0/s1. The van der Waals surface area contributed by atoms with Crippen LogP contribution >= 0.6 is 0 Å². The van der Waals surface area contributed by atoms with Gasteiger partial charge in [-0.1, -0.05) is 12.1 Å². The van der Waals surface area contributed by atoms with Gasteiger partial charge in [0.25, 0.3) is 0 Å². The topological polar surface area (TPSA) is 61.4 Å². The molecule has 1 aromatic carbocycles. The molecule has 0 radical (unpaired) electrons. The summed E-state index contributed by atoms with van der Waals surface area (Å²) in [5.74, 6) is -0.424. The first-order valence-corrected chi connectivity index (χ1v) is 7.97. The number of hydrogen-bond donors (Lipinski definition) is 2. The first kappa shape index (κ1) is 17.4. The summed E-state index contributed by atoms with van der Waals surface area (Å²) in [5.41, 5.74) is 0.969. The van der Waals surface area contributed by atoms with Crippen molar-refractivity contribution < 1.29 is 14.0 Å². The number of benzene rings is 1. The molecule has 2 amide bonds. The minimum absolute atomic E-state index is 0.0408. The molecule has 1 aliphatic rings. The highest BCUT2D eigenvalue weighted by Crippen LogP contribution is 2.18. The summed E-state index contributed by atoms with van der Waals surface area (Å²) >= 11 is 0. The van der Waals surface area contributed by atoms with Crippen LogP contribution in [0.1, 0.15) is 25.3 Å². The van der Waals surface area contributed by atoms with Gasteiger partial charge in [-0.15, -0.1) is 0 Å². The lowest BCUT2D eigenvalue weighted by Gasteiger charge is -2.23. The van der Waals surface area contributed by atoms with Gasteiger partial charge in [-0.3, -0.25) is 14.5 Å². The Kier molecular flexibility index (Phi) is 6.10. The van der Waals surface area contributed by atoms with E-state index in [1.165, 1.54) is 12.1 Å². The van der Waals surface area contributed by atoms with E-state index in [1.54, 1.807) is 31.0 Å². The van der Waals surface area contributed by atoms with Gasteiger partial charge < -0.3 is 10.6 Å². The molecule has 6 heteroatoms. The van der Waals surface area contributed by atoms with E-state index in [2.05, 4.69) is 10.6 Å². The van der Waals surface area contributed by atoms with Gasteiger partial charge in [0, 0.05) is 12.6 Å². The van der Waals surface area contributed by atoms with Gasteiger partial charge in [-0.25, -0.2) is 4.39 Å². The SMILES string of the molecule is C[C@@H](C(=O)NCCc1ccc(F)cc1)N(C)CC(=O)NC1CC1. The summed E-state index contributed by atoms with van der Waals surface area (Å²) in [6.45, 7) is 2.47. The molecular weight excluding hydrogens is 297 g/mol. The fourth-order valence-electron chi connectivity index (χ4n) is 2.19. The molecule has 1 fully saturated rings. The Bertz CT molecular complexity index is 543. The molecule has 0 heterocycles. The maximum atomic E-state index is 12.8. The van der Waals surface area contributed by atoms with Crippen LogP contribution in [0.3, 0.4) is 0 Å². The quantitative estimate of drug-likeness (QED) is 0.753. The van der Waals surface area contributed by atoms with Crippen molar-refractivity contribution in [1.29, 1.82) is 0 Å². The van der Waals surface area contributed by atoms with E-state index in [0.717, 1.165) is 18.4 Å². The van der Waals surface area contributed by atoms with Crippen LogP contribution in [0.4, 0.5) is 4.39 Å². The van der Waals surface area contributed by atoms with Crippen LogP contribution in [-0.4, -0.2) is 48.9 Å². The lowest BCUT2D eigenvalue weighted by molar-refractivity contribution is -0.127. The van der Waals surface area contributed by atoms with Gasteiger partial charge in [0.15, 0.2) is 0 Å². The van der Waals surface area contributed by atoms with E-state index >= 15 is 0 Å². The molecule has 1 atom stereocenters. The fraction of sp³-hybridized carbons (Fsp3) is 0.529. The normalized spacial score (nSPS) is 15.3. The lowest BCUT2D eigenvalue weighted by Crippen LogP contribution is -2.47. The lowest BCUT2D eigenvalue weighted by atomic mass is 10.1. The number of hydrogen-bond acceptors (Lipinski definition) is 3. The Morgan fingerprint density at radius 1 is 1.30 bits per heavy atom. The van der Waals surface area contributed by atoms with Gasteiger partial charge >= 0.3 is 0 Å². The monoisotopic (exact) mass is 321 g/mol. The second kappa shape index (κ2) is 8.06. The highest BCUT2D eigenvalue weighted by molar-refractivity contribution is 5.83. The number of nitrogens with zero attached hydrogens (tertiary/aromatic N) is 1. The van der Waals surface area contributed by atoms with Crippen LogP contribution in [-0.2, 0) is 16.0 Å². The molecule has 0 unspecified atom stereocenters. The Labute approximate surface area is 136 Å². The summed E-state index contributed by atoms with van der Waals surface area (Å²) < 4.78 is 12.8.